The molecule has 170 valence electrons. The zero-order valence-electron chi connectivity index (χ0n) is 17.6. The first-order valence-corrected chi connectivity index (χ1v) is 10.3. The summed E-state index contributed by atoms with van der Waals surface area (Å²) in [7, 11) is 0. The van der Waals surface area contributed by atoms with Gasteiger partial charge in [-0.25, -0.2) is 19.9 Å². The number of aliphatic imine (C=N–C) groups is 1. The van der Waals surface area contributed by atoms with Crippen LogP contribution in [0, 0.1) is 16.0 Å². The van der Waals surface area contributed by atoms with Crippen LogP contribution in [0.15, 0.2) is 35.3 Å². The number of hydrogen-bond donors (Lipinski definition) is 3. The van der Waals surface area contributed by atoms with Gasteiger partial charge in [0.2, 0.25) is 5.91 Å². The molecule has 1 aromatic carbocycles. The van der Waals surface area contributed by atoms with Gasteiger partial charge in [0, 0.05) is 13.1 Å². The van der Waals surface area contributed by atoms with E-state index in [-0.39, 0.29) is 25.0 Å². The normalized spacial score (nSPS) is 20.1. The van der Waals surface area contributed by atoms with Gasteiger partial charge in [-0.3, -0.25) is 4.79 Å². The third kappa shape index (κ3) is 7.85. The summed E-state index contributed by atoms with van der Waals surface area (Å²) in [5, 5.41) is 9.47. The number of guanidine groups is 1. The third-order valence-corrected chi connectivity index (χ3v) is 5.12. The number of benzene rings is 1. The molecule has 0 saturated carbocycles. The van der Waals surface area contributed by atoms with E-state index >= 15 is 0 Å². The summed E-state index contributed by atoms with van der Waals surface area (Å²) in [6, 6.07) is 7.88. The van der Waals surface area contributed by atoms with Crippen molar-refractivity contribution >= 4 is 17.8 Å². The molecule has 5 N–H and O–H groups in total. The second kappa shape index (κ2) is 11.8. The SMILES string of the molecule is C[C@H]1CCN(C(=O)[C@@H](N)CCCN=C(N)N[N+](=O)[O-])[C@H](C(=O)OCc2ccccc2)C1. The summed E-state index contributed by atoms with van der Waals surface area (Å²) in [5.41, 5.74) is 14.0. The van der Waals surface area contributed by atoms with Crippen molar-refractivity contribution < 1.29 is 19.4 Å². The number of nitrogens with two attached hydrogens (primary N) is 2. The molecule has 11 nitrogen and oxygen atoms in total. The first kappa shape index (κ1) is 24.1. The lowest BCUT2D eigenvalue weighted by Gasteiger charge is -2.38. The van der Waals surface area contributed by atoms with Crippen LogP contribution in [0.3, 0.4) is 0 Å². The Morgan fingerprint density at radius 3 is 2.77 bits per heavy atom. The molecular formula is C20H30N6O5. The number of piperidine rings is 1. The van der Waals surface area contributed by atoms with Crippen LogP contribution in [0.25, 0.3) is 0 Å². The molecule has 0 aliphatic carbocycles. The Balaban J connectivity index is 1.90. The molecular weight excluding hydrogens is 404 g/mol. The van der Waals surface area contributed by atoms with E-state index in [1.165, 1.54) is 4.90 Å². The zero-order chi connectivity index (χ0) is 22.8. The van der Waals surface area contributed by atoms with Crippen molar-refractivity contribution in [2.75, 3.05) is 13.1 Å². The minimum atomic E-state index is -0.808. The lowest BCUT2D eigenvalue weighted by molar-refractivity contribution is -0.525. The Labute approximate surface area is 180 Å². The number of amides is 1. The van der Waals surface area contributed by atoms with Gasteiger partial charge in [0.05, 0.1) is 6.04 Å². The van der Waals surface area contributed by atoms with E-state index in [0.717, 1.165) is 12.0 Å². The van der Waals surface area contributed by atoms with E-state index in [1.807, 2.05) is 37.3 Å². The molecule has 2 rings (SSSR count). The second-order valence-electron chi connectivity index (χ2n) is 7.65. The van der Waals surface area contributed by atoms with Gasteiger partial charge in [0.1, 0.15) is 12.6 Å². The number of hydrogen-bond acceptors (Lipinski definition) is 7. The van der Waals surface area contributed by atoms with E-state index in [1.54, 1.807) is 5.43 Å². The number of carbonyl (C=O) groups excluding carboxylic acids is 2. The lowest BCUT2D eigenvalue weighted by Crippen LogP contribution is -2.55. The van der Waals surface area contributed by atoms with Gasteiger partial charge in [-0.2, -0.15) is 0 Å². The van der Waals surface area contributed by atoms with E-state index in [2.05, 4.69) is 4.99 Å². The van der Waals surface area contributed by atoms with Crippen LogP contribution in [0.4, 0.5) is 0 Å². The van der Waals surface area contributed by atoms with Crippen LogP contribution in [-0.2, 0) is 20.9 Å². The fraction of sp³-hybridized carbons (Fsp3) is 0.550. The first-order valence-electron chi connectivity index (χ1n) is 10.3. The Morgan fingerprint density at radius 2 is 2.10 bits per heavy atom. The lowest BCUT2D eigenvalue weighted by atomic mass is 9.91. The Hall–Kier alpha value is -3.21. The van der Waals surface area contributed by atoms with Crippen LogP contribution in [0.2, 0.25) is 0 Å². The highest BCUT2D eigenvalue weighted by Crippen LogP contribution is 2.25. The average molecular weight is 434 g/mol. The van der Waals surface area contributed by atoms with Crippen LogP contribution in [-0.4, -0.2) is 52.9 Å². The third-order valence-electron chi connectivity index (χ3n) is 5.12. The van der Waals surface area contributed by atoms with Gasteiger partial charge in [0.15, 0.2) is 5.03 Å². The number of ether oxygens (including phenoxy) is 1. The van der Waals surface area contributed by atoms with Crippen molar-refractivity contribution in [3.63, 3.8) is 0 Å². The quantitative estimate of drug-likeness (QED) is 0.127. The predicted octanol–water partition coefficient (Wildman–Crippen LogP) is 0.560. The second-order valence-corrected chi connectivity index (χ2v) is 7.65. The summed E-state index contributed by atoms with van der Waals surface area (Å²) in [6.45, 7) is 2.82. The van der Waals surface area contributed by atoms with Crippen molar-refractivity contribution in [3.05, 3.63) is 46.0 Å². The van der Waals surface area contributed by atoms with E-state index < -0.39 is 23.1 Å². The molecule has 11 heteroatoms. The topological polar surface area (TPSA) is 166 Å². The molecule has 31 heavy (non-hydrogen) atoms. The number of nitro groups is 1. The minimum absolute atomic E-state index is 0.149. The van der Waals surface area contributed by atoms with Crippen LogP contribution >= 0.6 is 0 Å². The summed E-state index contributed by atoms with van der Waals surface area (Å²) < 4.78 is 5.47. The molecule has 1 fully saturated rings. The molecule has 1 aromatic rings. The van der Waals surface area contributed by atoms with E-state index in [0.29, 0.717) is 31.7 Å². The van der Waals surface area contributed by atoms with Gasteiger partial charge < -0.3 is 21.1 Å². The van der Waals surface area contributed by atoms with Gasteiger partial charge in [-0.15, -0.1) is 0 Å². The highest BCUT2D eigenvalue weighted by atomic mass is 16.7. The van der Waals surface area contributed by atoms with Crippen molar-refractivity contribution in [3.8, 4) is 0 Å². The van der Waals surface area contributed by atoms with Crippen LogP contribution in [0.5, 0.6) is 0 Å². The number of esters is 1. The zero-order valence-corrected chi connectivity index (χ0v) is 17.6. The van der Waals surface area contributed by atoms with Crippen molar-refractivity contribution in [2.45, 2.75) is 51.3 Å². The Kier molecular flexibility index (Phi) is 9.19. The summed E-state index contributed by atoms with van der Waals surface area (Å²) in [4.78, 5) is 41.2. The monoisotopic (exact) mass is 434 g/mol. The maximum absolute atomic E-state index is 12.9. The number of likely N-dealkylation sites (tertiary alicyclic amines) is 1. The Morgan fingerprint density at radius 1 is 1.39 bits per heavy atom. The molecule has 0 aromatic heterocycles. The molecule has 1 aliphatic rings. The smallest absolute Gasteiger partial charge is 0.329 e. The molecule has 1 saturated heterocycles. The van der Waals surface area contributed by atoms with Crippen molar-refractivity contribution in [2.24, 2.45) is 22.4 Å². The number of rotatable bonds is 9. The highest BCUT2D eigenvalue weighted by molar-refractivity contribution is 5.87. The fourth-order valence-electron chi connectivity index (χ4n) is 3.43. The number of carbonyl (C=O) groups is 2. The summed E-state index contributed by atoms with van der Waals surface area (Å²) in [6.07, 6.45) is 2.04. The summed E-state index contributed by atoms with van der Waals surface area (Å²) >= 11 is 0. The molecule has 1 aliphatic heterocycles. The van der Waals surface area contributed by atoms with E-state index in [4.69, 9.17) is 16.2 Å². The largest absolute Gasteiger partial charge is 0.459 e. The number of hydrazine groups is 1. The molecule has 0 unspecified atom stereocenters. The molecule has 3 atom stereocenters. The van der Waals surface area contributed by atoms with Crippen molar-refractivity contribution in [1.82, 2.24) is 10.3 Å². The predicted molar refractivity (Wildman–Crippen MR) is 114 cm³/mol. The Bertz CT molecular complexity index is 788. The standard InChI is InChI=1S/C20H30N6O5/c1-14-9-11-25(17(12-14)19(28)31-13-15-6-3-2-4-7-15)18(27)16(21)8-5-10-23-20(22)24-26(29)30/h2-4,6-7,14,16-17H,5,8-13,21H2,1H3,(H3,22,23,24)/t14-,16-,17-/m0/s1. The summed E-state index contributed by atoms with van der Waals surface area (Å²) in [5.74, 6) is -0.759. The van der Waals surface area contributed by atoms with Crippen LogP contribution < -0.4 is 16.9 Å². The fourth-order valence-corrected chi connectivity index (χ4v) is 3.43. The average Bonchev–Trinajstić information content (AvgIpc) is 2.74. The van der Waals surface area contributed by atoms with E-state index in [9.17, 15) is 19.7 Å². The first-order chi connectivity index (χ1) is 14.8. The number of nitrogens with zero attached hydrogens (tertiary/aromatic N) is 3. The highest BCUT2D eigenvalue weighted by Gasteiger charge is 2.37. The molecule has 1 heterocycles. The van der Waals surface area contributed by atoms with Gasteiger partial charge in [-0.05, 0) is 37.2 Å². The van der Waals surface area contributed by atoms with Gasteiger partial charge in [0.25, 0.3) is 5.96 Å². The molecule has 1 amide bonds. The maximum atomic E-state index is 12.9. The molecule has 0 radical (unpaired) electrons. The van der Waals surface area contributed by atoms with Gasteiger partial charge in [-0.1, -0.05) is 42.7 Å². The van der Waals surface area contributed by atoms with Gasteiger partial charge >= 0.3 is 5.97 Å². The maximum Gasteiger partial charge on any atom is 0.329 e. The minimum Gasteiger partial charge on any atom is -0.459 e. The van der Waals surface area contributed by atoms with Crippen LogP contribution in [0.1, 0.15) is 38.2 Å². The van der Waals surface area contributed by atoms with Crippen molar-refractivity contribution in [1.29, 1.82) is 0 Å². The number of nitrogens with one attached hydrogen (secondary N) is 1. The molecule has 0 bridgehead atoms. The molecule has 0 spiro atoms.